The summed E-state index contributed by atoms with van der Waals surface area (Å²) in [6, 6.07) is 3.92. The van der Waals surface area contributed by atoms with Gasteiger partial charge in [-0.1, -0.05) is 6.07 Å². The van der Waals surface area contributed by atoms with Crippen molar-refractivity contribution in [1.29, 1.82) is 0 Å². The van der Waals surface area contributed by atoms with Crippen molar-refractivity contribution in [2.45, 2.75) is 25.5 Å². The minimum atomic E-state index is -0.964. The number of carboxylic acid groups (broad SMARTS) is 1. The topological polar surface area (TPSA) is 49.8 Å². The lowest BCUT2D eigenvalue weighted by molar-refractivity contribution is -0.145. The number of likely N-dealkylation sites (tertiary alicyclic amines) is 1. The van der Waals surface area contributed by atoms with Gasteiger partial charge in [0.1, 0.15) is 6.61 Å². The molecular weight excluding hydrogens is 268 g/mol. The number of hydrogen-bond donors (Lipinski definition) is 1. The zero-order valence-electron chi connectivity index (χ0n) is 11.0. The Morgan fingerprint density at radius 1 is 1.30 bits per heavy atom. The summed E-state index contributed by atoms with van der Waals surface area (Å²) in [6.45, 7) is 1.79. The molecule has 0 atom stereocenters. The van der Waals surface area contributed by atoms with E-state index in [1.165, 1.54) is 6.07 Å². The Labute approximate surface area is 116 Å². The van der Waals surface area contributed by atoms with Crippen molar-refractivity contribution in [3.05, 3.63) is 35.4 Å². The Morgan fingerprint density at radius 2 is 2.00 bits per heavy atom. The fraction of sp³-hybridized carbons (Fsp3) is 0.500. The standard InChI is InChI=1S/C14H17F2NO3/c15-12-2-1-10(7-13(12)16)8-17-5-3-11(4-6-17)20-9-14(18)19/h1-2,7,11H,3-6,8-9H2,(H,18,19). The number of carbonyl (C=O) groups is 1. The van der Waals surface area contributed by atoms with Crippen LogP contribution in [0.4, 0.5) is 8.78 Å². The van der Waals surface area contributed by atoms with Crippen LogP contribution in [0.2, 0.25) is 0 Å². The molecule has 0 saturated carbocycles. The van der Waals surface area contributed by atoms with Gasteiger partial charge in [0.15, 0.2) is 11.6 Å². The first-order valence-electron chi connectivity index (χ1n) is 6.54. The van der Waals surface area contributed by atoms with E-state index in [1.807, 2.05) is 0 Å². The molecule has 2 rings (SSSR count). The van der Waals surface area contributed by atoms with E-state index in [1.54, 1.807) is 6.07 Å². The maximum Gasteiger partial charge on any atom is 0.329 e. The largest absolute Gasteiger partial charge is 0.480 e. The number of halogens is 2. The van der Waals surface area contributed by atoms with Gasteiger partial charge in [0.05, 0.1) is 6.10 Å². The molecular formula is C14H17F2NO3. The quantitative estimate of drug-likeness (QED) is 0.899. The third-order valence-corrected chi connectivity index (χ3v) is 3.37. The number of piperidine rings is 1. The fourth-order valence-corrected chi connectivity index (χ4v) is 2.32. The van der Waals surface area contributed by atoms with Gasteiger partial charge >= 0.3 is 5.97 Å². The van der Waals surface area contributed by atoms with Crippen LogP contribution in [0, 0.1) is 11.6 Å². The molecule has 0 aliphatic carbocycles. The summed E-state index contributed by atoms with van der Waals surface area (Å²) in [5, 5.41) is 8.54. The van der Waals surface area contributed by atoms with E-state index < -0.39 is 17.6 Å². The third-order valence-electron chi connectivity index (χ3n) is 3.37. The lowest BCUT2D eigenvalue weighted by atomic mass is 10.1. The number of benzene rings is 1. The average Bonchev–Trinajstić information content (AvgIpc) is 2.42. The summed E-state index contributed by atoms with van der Waals surface area (Å²) in [5.41, 5.74) is 0.730. The van der Waals surface area contributed by atoms with Crippen molar-refractivity contribution >= 4 is 5.97 Å². The SMILES string of the molecule is O=C(O)COC1CCN(Cc2ccc(F)c(F)c2)CC1. The second kappa shape index (κ2) is 6.76. The monoisotopic (exact) mass is 285 g/mol. The summed E-state index contributed by atoms with van der Waals surface area (Å²) < 4.78 is 31.2. The smallest absolute Gasteiger partial charge is 0.329 e. The van der Waals surface area contributed by atoms with Gasteiger partial charge in [-0.15, -0.1) is 0 Å². The molecule has 1 heterocycles. The Morgan fingerprint density at radius 3 is 2.60 bits per heavy atom. The highest BCUT2D eigenvalue weighted by Gasteiger charge is 2.20. The first-order valence-corrected chi connectivity index (χ1v) is 6.54. The number of nitrogens with zero attached hydrogens (tertiary/aromatic N) is 1. The molecule has 1 N–H and O–H groups in total. The van der Waals surface area contributed by atoms with Gasteiger partial charge in [0.2, 0.25) is 0 Å². The zero-order chi connectivity index (χ0) is 14.5. The van der Waals surface area contributed by atoms with Crippen LogP contribution >= 0.6 is 0 Å². The van der Waals surface area contributed by atoms with E-state index >= 15 is 0 Å². The van der Waals surface area contributed by atoms with Crippen LogP contribution in [0.15, 0.2) is 18.2 Å². The number of aliphatic carboxylic acids is 1. The van der Waals surface area contributed by atoms with Crippen LogP contribution in [0.3, 0.4) is 0 Å². The van der Waals surface area contributed by atoms with Gasteiger partial charge in [0.25, 0.3) is 0 Å². The number of hydrogen-bond acceptors (Lipinski definition) is 3. The molecule has 0 radical (unpaired) electrons. The molecule has 1 fully saturated rings. The lowest BCUT2D eigenvalue weighted by Crippen LogP contribution is -2.37. The Balaban J connectivity index is 1.79. The number of ether oxygens (including phenoxy) is 1. The predicted octanol–water partition coefficient (Wildman–Crippen LogP) is 2.03. The second-order valence-electron chi connectivity index (χ2n) is 4.93. The zero-order valence-corrected chi connectivity index (χ0v) is 11.0. The highest BCUT2D eigenvalue weighted by atomic mass is 19.2. The third kappa shape index (κ3) is 4.25. The van der Waals surface area contributed by atoms with Crippen molar-refractivity contribution in [1.82, 2.24) is 4.90 Å². The average molecular weight is 285 g/mol. The molecule has 0 spiro atoms. The highest BCUT2D eigenvalue weighted by Crippen LogP contribution is 2.17. The molecule has 1 aliphatic heterocycles. The van der Waals surface area contributed by atoms with Crippen molar-refractivity contribution in [3.8, 4) is 0 Å². The van der Waals surface area contributed by atoms with E-state index in [-0.39, 0.29) is 12.7 Å². The van der Waals surface area contributed by atoms with Crippen molar-refractivity contribution < 1.29 is 23.4 Å². The fourth-order valence-electron chi connectivity index (χ4n) is 2.32. The molecule has 1 aromatic carbocycles. The molecule has 1 aromatic rings. The van der Waals surface area contributed by atoms with E-state index in [0.717, 1.165) is 37.6 Å². The summed E-state index contributed by atoms with van der Waals surface area (Å²) in [7, 11) is 0. The molecule has 0 aromatic heterocycles. The van der Waals surface area contributed by atoms with Crippen molar-refractivity contribution in [2.24, 2.45) is 0 Å². The second-order valence-corrected chi connectivity index (χ2v) is 4.93. The van der Waals surface area contributed by atoms with Crippen LogP contribution in [-0.2, 0) is 16.1 Å². The number of rotatable bonds is 5. The molecule has 1 aliphatic rings. The van der Waals surface area contributed by atoms with Gasteiger partial charge in [-0.3, -0.25) is 4.90 Å². The van der Waals surface area contributed by atoms with Crippen LogP contribution < -0.4 is 0 Å². The summed E-state index contributed by atoms with van der Waals surface area (Å²) in [5.74, 6) is -2.63. The van der Waals surface area contributed by atoms with Gasteiger partial charge in [-0.05, 0) is 30.5 Å². The summed E-state index contributed by atoms with van der Waals surface area (Å²) >= 11 is 0. The first-order chi connectivity index (χ1) is 9.54. The maximum absolute atomic E-state index is 13.1. The van der Waals surface area contributed by atoms with E-state index in [0.29, 0.717) is 6.54 Å². The normalized spacial score (nSPS) is 17.3. The minimum absolute atomic E-state index is 0.0349. The summed E-state index contributed by atoms with van der Waals surface area (Å²) in [6.07, 6.45) is 1.46. The molecule has 0 amide bonds. The van der Waals surface area contributed by atoms with Crippen LogP contribution in [0.5, 0.6) is 0 Å². The first kappa shape index (κ1) is 14.9. The van der Waals surface area contributed by atoms with Gasteiger partial charge in [-0.25, -0.2) is 13.6 Å². The molecule has 110 valence electrons. The van der Waals surface area contributed by atoms with Gasteiger partial charge in [0, 0.05) is 19.6 Å². The highest BCUT2D eigenvalue weighted by molar-refractivity contribution is 5.68. The van der Waals surface area contributed by atoms with Crippen LogP contribution in [0.25, 0.3) is 0 Å². The molecule has 0 unspecified atom stereocenters. The predicted molar refractivity (Wildman–Crippen MR) is 68.2 cm³/mol. The van der Waals surface area contributed by atoms with Gasteiger partial charge < -0.3 is 9.84 Å². The van der Waals surface area contributed by atoms with Gasteiger partial charge in [-0.2, -0.15) is 0 Å². The van der Waals surface area contributed by atoms with E-state index in [9.17, 15) is 13.6 Å². The molecule has 4 nitrogen and oxygen atoms in total. The molecule has 1 saturated heterocycles. The van der Waals surface area contributed by atoms with Crippen molar-refractivity contribution in [3.63, 3.8) is 0 Å². The van der Waals surface area contributed by atoms with E-state index in [4.69, 9.17) is 9.84 Å². The summed E-state index contributed by atoms with van der Waals surface area (Å²) in [4.78, 5) is 12.5. The maximum atomic E-state index is 13.1. The van der Waals surface area contributed by atoms with Crippen LogP contribution in [0.1, 0.15) is 18.4 Å². The Hall–Kier alpha value is -1.53. The molecule has 20 heavy (non-hydrogen) atoms. The van der Waals surface area contributed by atoms with Crippen molar-refractivity contribution in [2.75, 3.05) is 19.7 Å². The molecule has 6 heteroatoms. The minimum Gasteiger partial charge on any atom is -0.480 e. The molecule has 0 bridgehead atoms. The Bertz CT molecular complexity index is 473. The Kier molecular flexibility index (Phi) is 5.03. The van der Waals surface area contributed by atoms with E-state index in [2.05, 4.69) is 4.90 Å². The number of carboxylic acids is 1. The van der Waals surface area contributed by atoms with Crippen LogP contribution in [-0.4, -0.2) is 41.8 Å². The lowest BCUT2D eigenvalue weighted by Gasteiger charge is -2.31.